The molecule has 0 saturated heterocycles. The molecule has 0 saturated carbocycles. The molecule has 4 nitrogen and oxygen atoms in total. The molecule has 1 aromatic carbocycles. The second kappa shape index (κ2) is 4.11. The van der Waals surface area contributed by atoms with Crippen molar-refractivity contribution in [2.24, 2.45) is 0 Å². The van der Waals surface area contributed by atoms with E-state index in [9.17, 15) is 5.11 Å². The monoisotopic (exact) mass is 183 g/mol. The molecule has 0 amide bonds. The highest BCUT2D eigenvalue weighted by Gasteiger charge is 2.09. The van der Waals surface area contributed by atoms with Gasteiger partial charge in [-0.05, 0) is 25.1 Å². The second-order valence-corrected chi connectivity index (χ2v) is 2.78. The van der Waals surface area contributed by atoms with Gasteiger partial charge >= 0.3 is 0 Å². The molecule has 0 radical (unpaired) electrons. The summed E-state index contributed by atoms with van der Waals surface area (Å²) in [4.78, 5) is 0. The molecule has 1 aromatic rings. The first-order valence-electron chi connectivity index (χ1n) is 3.95. The average molecular weight is 183 g/mol. The third-order valence-electron chi connectivity index (χ3n) is 1.89. The Labute approximate surface area is 76.7 Å². The number of phenolic OH excluding ortho intramolecular Hbond substituents is 1. The summed E-state index contributed by atoms with van der Waals surface area (Å²) in [7, 11) is 1.55. The molecule has 3 N–H and O–H groups in total. The minimum atomic E-state index is -0.324. The van der Waals surface area contributed by atoms with Gasteiger partial charge in [0, 0.05) is 5.56 Å². The fourth-order valence-electron chi connectivity index (χ4n) is 1.08. The van der Waals surface area contributed by atoms with Gasteiger partial charge < -0.3 is 15.1 Å². The molecule has 0 fully saturated rings. The SMILES string of the molecule is COc1ccc(O)c(C(C)NO)c1. The van der Waals surface area contributed by atoms with Gasteiger partial charge in [-0.1, -0.05) is 0 Å². The lowest BCUT2D eigenvalue weighted by atomic mass is 10.1. The summed E-state index contributed by atoms with van der Waals surface area (Å²) in [6, 6.07) is 4.53. The molecule has 0 aliphatic rings. The number of phenols is 1. The van der Waals surface area contributed by atoms with Crippen LogP contribution in [0.3, 0.4) is 0 Å². The largest absolute Gasteiger partial charge is 0.508 e. The maximum atomic E-state index is 9.43. The van der Waals surface area contributed by atoms with Crippen LogP contribution < -0.4 is 10.2 Å². The number of rotatable bonds is 3. The van der Waals surface area contributed by atoms with E-state index in [1.54, 1.807) is 26.2 Å². The van der Waals surface area contributed by atoms with Crippen molar-refractivity contribution in [3.05, 3.63) is 23.8 Å². The Kier molecular flexibility index (Phi) is 3.11. The van der Waals surface area contributed by atoms with Crippen molar-refractivity contribution >= 4 is 0 Å². The van der Waals surface area contributed by atoms with Gasteiger partial charge in [0.25, 0.3) is 0 Å². The van der Waals surface area contributed by atoms with Crippen LogP contribution in [0.1, 0.15) is 18.5 Å². The molecule has 1 atom stereocenters. The molecule has 0 aromatic heterocycles. The molecule has 72 valence electrons. The van der Waals surface area contributed by atoms with Crippen LogP contribution in [-0.2, 0) is 0 Å². The molecular weight excluding hydrogens is 170 g/mol. The normalized spacial score (nSPS) is 12.5. The molecule has 1 unspecified atom stereocenters. The highest BCUT2D eigenvalue weighted by Crippen LogP contribution is 2.27. The fraction of sp³-hybridized carbons (Fsp3) is 0.333. The van der Waals surface area contributed by atoms with Crippen molar-refractivity contribution in [2.45, 2.75) is 13.0 Å². The number of ether oxygens (including phenoxy) is 1. The summed E-state index contributed by atoms with van der Waals surface area (Å²) >= 11 is 0. The third kappa shape index (κ3) is 2.11. The fourth-order valence-corrected chi connectivity index (χ4v) is 1.08. The van der Waals surface area contributed by atoms with E-state index in [2.05, 4.69) is 5.48 Å². The minimum absolute atomic E-state index is 0.134. The zero-order valence-electron chi connectivity index (χ0n) is 7.61. The van der Waals surface area contributed by atoms with Crippen molar-refractivity contribution in [3.8, 4) is 11.5 Å². The smallest absolute Gasteiger partial charge is 0.120 e. The van der Waals surface area contributed by atoms with Gasteiger partial charge in [-0.25, -0.2) is 0 Å². The summed E-state index contributed by atoms with van der Waals surface area (Å²) in [5, 5.41) is 18.1. The number of aromatic hydroxyl groups is 1. The van der Waals surface area contributed by atoms with Gasteiger partial charge in [-0.2, -0.15) is 5.48 Å². The highest BCUT2D eigenvalue weighted by molar-refractivity contribution is 5.40. The quantitative estimate of drug-likeness (QED) is 0.620. The van der Waals surface area contributed by atoms with E-state index in [-0.39, 0.29) is 11.8 Å². The zero-order chi connectivity index (χ0) is 9.84. The van der Waals surface area contributed by atoms with Gasteiger partial charge in [0.1, 0.15) is 11.5 Å². The number of hydrogen-bond acceptors (Lipinski definition) is 4. The minimum Gasteiger partial charge on any atom is -0.508 e. The van der Waals surface area contributed by atoms with Crippen LogP contribution in [0.4, 0.5) is 0 Å². The first-order valence-corrected chi connectivity index (χ1v) is 3.95. The van der Waals surface area contributed by atoms with E-state index in [0.29, 0.717) is 11.3 Å². The Bertz CT molecular complexity index is 288. The highest BCUT2D eigenvalue weighted by atomic mass is 16.5. The lowest BCUT2D eigenvalue weighted by Gasteiger charge is -2.12. The molecule has 0 heterocycles. The van der Waals surface area contributed by atoms with Crippen LogP contribution in [0.5, 0.6) is 11.5 Å². The molecule has 0 spiro atoms. The standard InChI is InChI=1S/C9H13NO3/c1-6(10-12)8-5-7(13-2)3-4-9(8)11/h3-6,10-12H,1-2H3. The predicted octanol–water partition coefficient (Wildman–Crippen LogP) is 1.44. The summed E-state index contributed by atoms with van der Waals surface area (Å²) in [6.45, 7) is 1.73. The number of benzene rings is 1. The van der Waals surface area contributed by atoms with Crippen molar-refractivity contribution in [2.75, 3.05) is 7.11 Å². The van der Waals surface area contributed by atoms with Crippen LogP contribution in [0.15, 0.2) is 18.2 Å². The molecular formula is C9H13NO3. The van der Waals surface area contributed by atoms with Crippen LogP contribution >= 0.6 is 0 Å². The first-order chi connectivity index (χ1) is 6.19. The van der Waals surface area contributed by atoms with Crippen LogP contribution in [0.2, 0.25) is 0 Å². The van der Waals surface area contributed by atoms with Crippen molar-refractivity contribution < 1.29 is 15.1 Å². The summed E-state index contributed by atoms with van der Waals surface area (Å²) in [5.74, 6) is 0.782. The van der Waals surface area contributed by atoms with E-state index in [1.807, 2.05) is 0 Å². The number of hydrogen-bond donors (Lipinski definition) is 3. The molecule has 4 heteroatoms. The third-order valence-corrected chi connectivity index (χ3v) is 1.89. The Morgan fingerprint density at radius 2 is 2.15 bits per heavy atom. The van der Waals surface area contributed by atoms with Gasteiger partial charge in [-0.3, -0.25) is 0 Å². The van der Waals surface area contributed by atoms with Crippen LogP contribution in [0.25, 0.3) is 0 Å². The lowest BCUT2D eigenvalue weighted by Crippen LogP contribution is -2.13. The van der Waals surface area contributed by atoms with Gasteiger partial charge in [0.15, 0.2) is 0 Å². The van der Waals surface area contributed by atoms with Crippen molar-refractivity contribution in [1.82, 2.24) is 5.48 Å². The van der Waals surface area contributed by atoms with Crippen LogP contribution in [0, 0.1) is 0 Å². The maximum Gasteiger partial charge on any atom is 0.120 e. The summed E-state index contributed by atoms with van der Waals surface area (Å²) in [5.41, 5.74) is 2.66. The maximum absolute atomic E-state index is 9.43. The molecule has 0 aliphatic carbocycles. The lowest BCUT2D eigenvalue weighted by molar-refractivity contribution is 0.132. The summed E-state index contributed by atoms with van der Waals surface area (Å²) < 4.78 is 4.98. The van der Waals surface area contributed by atoms with E-state index in [0.717, 1.165) is 0 Å². The second-order valence-electron chi connectivity index (χ2n) is 2.78. The predicted molar refractivity (Wildman–Crippen MR) is 48.0 cm³/mol. The Hall–Kier alpha value is -1.26. The molecule has 13 heavy (non-hydrogen) atoms. The van der Waals surface area contributed by atoms with E-state index in [4.69, 9.17) is 9.94 Å². The van der Waals surface area contributed by atoms with Crippen LogP contribution in [-0.4, -0.2) is 17.4 Å². The summed E-state index contributed by atoms with van der Waals surface area (Å²) in [6.07, 6.45) is 0. The Morgan fingerprint density at radius 3 is 2.69 bits per heavy atom. The number of methoxy groups -OCH3 is 1. The Morgan fingerprint density at radius 1 is 1.46 bits per heavy atom. The molecule has 0 aliphatic heterocycles. The van der Waals surface area contributed by atoms with Gasteiger partial charge in [-0.15, -0.1) is 0 Å². The Balaban J connectivity index is 3.03. The van der Waals surface area contributed by atoms with Crippen molar-refractivity contribution in [1.29, 1.82) is 0 Å². The van der Waals surface area contributed by atoms with Gasteiger partial charge in [0.2, 0.25) is 0 Å². The number of nitrogens with one attached hydrogen (secondary N) is 1. The van der Waals surface area contributed by atoms with E-state index >= 15 is 0 Å². The zero-order valence-corrected chi connectivity index (χ0v) is 7.61. The molecule has 0 bridgehead atoms. The topological polar surface area (TPSA) is 61.7 Å². The van der Waals surface area contributed by atoms with E-state index in [1.165, 1.54) is 6.07 Å². The van der Waals surface area contributed by atoms with Crippen molar-refractivity contribution in [3.63, 3.8) is 0 Å². The first kappa shape index (κ1) is 9.83. The number of hydroxylamine groups is 1. The van der Waals surface area contributed by atoms with E-state index < -0.39 is 0 Å². The average Bonchev–Trinajstić information content (AvgIpc) is 2.17. The molecule has 1 rings (SSSR count). The van der Waals surface area contributed by atoms with Gasteiger partial charge in [0.05, 0.1) is 13.2 Å².